The Balaban J connectivity index is 1.13. The average molecular weight is 566 g/mol. The molecule has 0 saturated carbocycles. The number of piperidine rings is 1. The van der Waals surface area contributed by atoms with E-state index < -0.39 is 0 Å². The van der Waals surface area contributed by atoms with Gasteiger partial charge in [0.2, 0.25) is 11.8 Å². The molecule has 4 amide bonds. The molecule has 5 heterocycles. The number of amides is 4. The third kappa shape index (κ3) is 5.85. The molecule has 0 aliphatic carbocycles. The van der Waals surface area contributed by atoms with Gasteiger partial charge in [-0.1, -0.05) is 30.3 Å². The van der Waals surface area contributed by atoms with Crippen LogP contribution in [-0.2, 0) is 14.3 Å². The zero-order valence-electron chi connectivity index (χ0n) is 24.7. The maximum Gasteiger partial charge on any atom is 0.320 e. The summed E-state index contributed by atoms with van der Waals surface area (Å²) >= 11 is 0. The van der Waals surface area contributed by atoms with Crippen molar-refractivity contribution < 1.29 is 19.1 Å². The van der Waals surface area contributed by atoms with E-state index in [1.807, 2.05) is 18.2 Å². The molecule has 5 fully saturated rings. The van der Waals surface area contributed by atoms with Gasteiger partial charge in [-0.05, 0) is 70.3 Å². The van der Waals surface area contributed by atoms with Crippen molar-refractivity contribution in [3.05, 3.63) is 35.9 Å². The van der Waals surface area contributed by atoms with Gasteiger partial charge >= 0.3 is 6.03 Å². The lowest BCUT2D eigenvalue weighted by Gasteiger charge is -2.49. The Morgan fingerprint density at radius 2 is 1.78 bits per heavy atom. The Hall–Kier alpha value is -2.65. The highest BCUT2D eigenvalue weighted by molar-refractivity contribution is 5.89. The standard InChI is InChI=1S/C32H47N5O4/c1-22(2)37-31(40)35(20-23-11-14-41-15-12-23)21-32(37)17-26-8-9-27(18-32)36(26)13-10-28(24-6-4-3-5-7-24)34-30(39)25-16-29(38)33-19-25/h3-7,22-23,25-28H,8-21H2,1-2H3,(H,33,38)(H,34,39)/t25?,26?,27?,28-,32?/m0/s1. The fourth-order valence-corrected chi connectivity index (χ4v) is 8.48. The summed E-state index contributed by atoms with van der Waals surface area (Å²) in [6, 6.07) is 11.4. The zero-order valence-corrected chi connectivity index (χ0v) is 24.7. The van der Waals surface area contributed by atoms with Gasteiger partial charge < -0.3 is 25.2 Å². The van der Waals surface area contributed by atoms with Crippen molar-refractivity contribution >= 4 is 17.8 Å². The first-order valence-corrected chi connectivity index (χ1v) is 15.9. The summed E-state index contributed by atoms with van der Waals surface area (Å²) in [6.07, 6.45) is 7.57. The SMILES string of the molecule is CC(C)N1C(=O)N(CC2CCOCC2)CC12CC1CCC(C2)N1CC[C@H](NC(=O)C1CNC(=O)C1)c1ccccc1. The van der Waals surface area contributed by atoms with E-state index in [9.17, 15) is 14.4 Å². The average Bonchev–Trinajstić information content (AvgIpc) is 3.59. The molecule has 3 unspecified atom stereocenters. The van der Waals surface area contributed by atoms with Crippen molar-refractivity contribution in [2.75, 3.05) is 39.4 Å². The molecular weight excluding hydrogens is 518 g/mol. The third-order valence-electron chi connectivity index (χ3n) is 10.4. The van der Waals surface area contributed by atoms with Gasteiger partial charge in [0.1, 0.15) is 0 Å². The highest BCUT2D eigenvalue weighted by Crippen LogP contribution is 2.48. The van der Waals surface area contributed by atoms with E-state index in [1.54, 1.807) is 0 Å². The van der Waals surface area contributed by atoms with Crippen LogP contribution >= 0.6 is 0 Å². The highest BCUT2D eigenvalue weighted by atomic mass is 16.5. The first-order chi connectivity index (χ1) is 19.8. The van der Waals surface area contributed by atoms with Crippen LogP contribution in [-0.4, -0.2) is 95.6 Å². The number of hydrogen-bond donors (Lipinski definition) is 2. The minimum Gasteiger partial charge on any atom is -0.381 e. The maximum atomic E-state index is 13.8. The Morgan fingerprint density at radius 1 is 1.07 bits per heavy atom. The molecule has 0 radical (unpaired) electrons. The first kappa shape index (κ1) is 28.5. The van der Waals surface area contributed by atoms with Crippen LogP contribution < -0.4 is 10.6 Å². The quantitative estimate of drug-likeness (QED) is 0.479. The molecule has 1 aromatic carbocycles. The molecular formula is C32H47N5O4. The van der Waals surface area contributed by atoms with Gasteiger partial charge in [-0.15, -0.1) is 0 Å². The molecule has 5 saturated heterocycles. The van der Waals surface area contributed by atoms with Gasteiger partial charge in [0.25, 0.3) is 0 Å². The lowest BCUT2D eigenvalue weighted by molar-refractivity contribution is -0.127. The molecule has 9 nitrogen and oxygen atoms in total. The fraction of sp³-hybridized carbons (Fsp3) is 0.719. The van der Waals surface area contributed by atoms with E-state index in [1.165, 1.54) is 12.8 Å². The fourth-order valence-electron chi connectivity index (χ4n) is 8.48. The maximum absolute atomic E-state index is 13.8. The number of hydrogen-bond acceptors (Lipinski definition) is 5. The zero-order chi connectivity index (χ0) is 28.6. The van der Waals surface area contributed by atoms with Gasteiger partial charge in [0.05, 0.1) is 17.5 Å². The van der Waals surface area contributed by atoms with Gasteiger partial charge in [-0.25, -0.2) is 4.79 Å². The van der Waals surface area contributed by atoms with E-state index >= 15 is 0 Å². The van der Waals surface area contributed by atoms with Crippen molar-refractivity contribution in [1.82, 2.24) is 25.3 Å². The van der Waals surface area contributed by atoms with Crippen LogP contribution in [0.2, 0.25) is 0 Å². The van der Waals surface area contributed by atoms with Crippen molar-refractivity contribution in [2.24, 2.45) is 11.8 Å². The van der Waals surface area contributed by atoms with Crippen LogP contribution in [0.25, 0.3) is 0 Å². The molecule has 2 bridgehead atoms. The highest BCUT2D eigenvalue weighted by Gasteiger charge is 2.57. The van der Waals surface area contributed by atoms with Crippen LogP contribution in [0.15, 0.2) is 30.3 Å². The molecule has 0 aromatic heterocycles. The Kier molecular flexibility index (Phi) is 8.28. The number of ether oxygens (including phenoxy) is 1. The summed E-state index contributed by atoms with van der Waals surface area (Å²) in [5.74, 6) is 0.148. The number of urea groups is 1. The number of carbonyl (C=O) groups excluding carboxylic acids is 3. The minimum atomic E-state index is -0.300. The predicted octanol–water partition coefficient (Wildman–Crippen LogP) is 3.31. The number of carbonyl (C=O) groups is 3. The number of nitrogens with one attached hydrogen (secondary N) is 2. The first-order valence-electron chi connectivity index (χ1n) is 15.9. The molecule has 4 atom stereocenters. The van der Waals surface area contributed by atoms with Crippen LogP contribution in [0.3, 0.4) is 0 Å². The van der Waals surface area contributed by atoms with Crippen LogP contribution in [0.4, 0.5) is 4.79 Å². The van der Waals surface area contributed by atoms with Crippen molar-refractivity contribution in [1.29, 1.82) is 0 Å². The summed E-state index contributed by atoms with van der Waals surface area (Å²) in [6.45, 7) is 9.00. The monoisotopic (exact) mass is 565 g/mol. The smallest absolute Gasteiger partial charge is 0.320 e. The van der Waals surface area contributed by atoms with Crippen LogP contribution in [0.1, 0.15) is 76.8 Å². The van der Waals surface area contributed by atoms with E-state index in [0.717, 1.165) is 70.5 Å². The lowest BCUT2D eigenvalue weighted by Crippen LogP contribution is -2.60. The molecule has 2 N–H and O–H groups in total. The minimum absolute atomic E-state index is 0.0422. The summed E-state index contributed by atoms with van der Waals surface area (Å²) in [5.41, 5.74) is 1.02. The second-order valence-corrected chi connectivity index (χ2v) is 13.4. The number of fused-ring (bicyclic) bond motifs is 2. The number of rotatable bonds is 9. The Morgan fingerprint density at radius 3 is 2.41 bits per heavy atom. The molecule has 5 aliphatic heterocycles. The van der Waals surface area contributed by atoms with Gasteiger partial charge in [0.15, 0.2) is 0 Å². The molecule has 5 aliphatic rings. The molecule has 9 heteroatoms. The van der Waals surface area contributed by atoms with Gasteiger partial charge in [-0.3, -0.25) is 14.5 Å². The summed E-state index contributed by atoms with van der Waals surface area (Å²) in [5, 5.41) is 6.07. The largest absolute Gasteiger partial charge is 0.381 e. The predicted molar refractivity (Wildman–Crippen MR) is 156 cm³/mol. The van der Waals surface area contributed by atoms with Gasteiger partial charge in [0, 0.05) is 63.9 Å². The summed E-state index contributed by atoms with van der Waals surface area (Å²) < 4.78 is 5.57. The molecule has 224 valence electrons. The molecule has 6 rings (SSSR count). The molecule has 1 spiro atoms. The van der Waals surface area contributed by atoms with Crippen LogP contribution in [0, 0.1) is 11.8 Å². The topological polar surface area (TPSA) is 94.2 Å². The van der Waals surface area contributed by atoms with Gasteiger partial charge in [-0.2, -0.15) is 0 Å². The van der Waals surface area contributed by atoms with Crippen molar-refractivity contribution in [3.63, 3.8) is 0 Å². The number of nitrogens with zero attached hydrogens (tertiary/aromatic N) is 3. The van der Waals surface area contributed by atoms with Crippen molar-refractivity contribution in [2.45, 2.75) is 94.9 Å². The molecule has 41 heavy (non-hydrogen) atoms. The second kappa shape index (κ2) is 11.9. The molecule has 1 aromatic rings. The van der Waals surface area contributed by atoms with Crippen molar-refractivity contribution in [3.8, 4) is 0 Å². The van der Waals surface area contributed by atoms with E-state index in [4.69, 9.17) is 4.74 Å². The Bertz CT molecular complexity index is 1090. The summed E-state index contributed by atoms with van der Waals surface area (Å²) in [4.78, 5) is 45.6. The third-order valence-corrected chi connectivity index (χ3v) is 10.4. The van der Waals surface area contributed by atoms with E-state index in [2.05, 4.69) is 51.3 Å². The van der Waals surface area contributed by atoms with E-state index in [-0.39, 0.29) is 47.8 Å². The Labute approximate surface area is 244 Å². The second-order valence-electron chi connectivity index (χ2n) is 13.4. The van der Waals surface area contributed by atoms with Crippen LogP contribution in [0.5, 0.6) is 0 Å². The summed E-state index contributed by atoms with van der Waals surface area (Å²) in [7, 11) is 0. The lowest BCUT2D eigenvalue weighted by atomic mass is 9.81. The number of benzene rings is 1. The normalized spacial score (nSPS) is 31.3. The van der Waals surface area contributed by atoms with E-state index in [0.29, 0.717) is 24.5 Å².